The second-order valence-corrected chi connectivity index (χ2v) is 13.0. The number of thioether (sulfide) groups is 1. The molecule has 3 aromatic heterocycles. The molecule has 0 bridgehead atoms. The highest BCUT2D eigenvalue weighted by Crippen LogP contribution is 2.09. The summed E-state index contributed by atoms with van der Waals surface area (Å²) < 4.78 is 19.1. The molecule has 0 unspecified atom stereocenters. The van der Waals surface area contributed by atoms with Gasteiger partial charge in [0.1, 0.15) is 30.7 Å². The molecule has 3 aromatic rings. The summed E-state index contributed by atoms with van der Waals surface area (Å²) in [6.45, 7) is 22.1. The normalized spacial score (nSPS) is 15.9. The zero-order valence-corrected chi connectivity index (χ0v) is 34.3. The maximum absolute atomic E-state index is 4.90. The van der Waals surface area contributed by atoms with Gasteiger partial charge in [-0.15, -0.1) is 11.8 Å². The van der Waals surface area contributed by atoms with Crippen LogP contribution in [0.1, 0.15) is 78.3 Å². The Morgan fingerprint density at radius 1 is 0.852 bits per heavy atom. The van der Waals surface area contributed by atoms with E-state index in [-0.39, 0.29) is 0 Å². The molecule has 0 atom stereocenters. The summed E-state index contributed by atoms with van der Waals surface area (Å²) in [5, 5.41) is 7.38. The lowest BCUT2D eigenvalue weighted by Gasteiger charge is -1.88. The van der Waals surface area contributed by atoms with Crippen molar-refractivity contribution in [2.24, 2.45) is 20.0 Å². The minimum atomic E-state index is 0.645. The number of rotatable bonds is 0. The van der Waals surface area contributed by atoms with E-state index < -0.39 is 0 Å². The molecule has 9 heterocycles. The third-order valence-electron chi connectivity index (χ3n) is 6.54. The molecule has 0 amide bonds. The predicted octanol–water partition coefficient (Wildman–Crippen LogP) is 8.31. The highest BCUT2D eigenvalue weighted by atomic mass is 32.2. The number of aromatic amines is 1. The Morgan fingerprint density at radius 3 is 1.85 bits per heavy atom. The SMILES string of the molecule is CC1=CCCN1.CC1=CN=CC1.CC1=COCN1.CC1=NC=CC1.CC1=NCCO1.CC1=NCCS1.Cc1cnco1.Cc1ncc[nH]1.Cc1ncco1. The summed E-state index contributed by atoms with van der Waals surface area (Å²) in [5.74, 6) is 4.57. The average molecular weight is 765 g/mol. The second-order valence-electron chi connectivity index (χ2n) is 11.7. The van der Waals surface area contributed by atoms with E-state index in [9.17, 15) is 0 Å². The van der Waals surface area contributed by atoms with Gasteiger partial charge in [-0.05, 0) is 60.5 Å². The topological polar surface area (TPSA) is 173 Å². The van der Waals surface area contributed by atoms with Crippen molar-refractivity contribution < 1.29 is 18.3 Å². The molecule has 0 spiro atoms. The molecule has 3 N–H and O–H groups in total. The molecular formula is C39H60N10O4S. The van der Waals surface area contributed by atoms with Crippen molar-refractivity contribution >= 4 is 34.6 Å². The molecule has 0 saturated heterocycles. The molecule has 0 aromatic carbocycles. The van der Waals surface area contributed by atoms with Crippen molar-refractivity contribution in [3.05, 3.63) is 103 Å². The van der Waals surface area contributed by atoms with Crippen molar-refractivity contribution in [2.75, 3.05) is 38.7 Å². The summed E-state index contributed by atoms with van der Waals surface area (Å²) >= 11 is 1.85. The van der Waals surface area contributed by atoms with Crippen LogP contribution in [-0.2, 0) is 9.47 Å². The minimum Gasteiger partial charge on any atom is -0.479 e. The van der Waals surface area contributed by atoms with Gasteiger partial charge in [0.2, 0.25) is 0 Å². The first kappa shape index (κ1) is 46.8. The van der Waals surface area contributed by atoms with Crippen LogP contribution in [0.25, 0.3) is 0 Å². The van der Waals surface area contributed by atoms with Crippen molar-refractivity contribution in [1.29, 1.82) is 0 Å². The predicted molar refractivity (Wildman–Crippen MR) is 223 cm³/mol. The van der Waals surface area contributed by atoms with E-state index in [1.165, 1.54) is 40.6 Å². The Morgan fingerprint density at radius 2 is 1.69 bits per heavy atom. The molecule has 0 saturated carbocycles. The highest BCUT2D eigenvalue weighted by molar-refractivity contribution is 8.14. The van der Waals surface area contributed by atoms with Gasteiger partial charge in [-0.1, -0.05) is 12.2 Å². The van der Waals surface area contributed by atoms with Crippen LogP contribution in [0.5, 0.6) is 0 Å². The average Bonchev–Trinajstić information content (AvgIpc) is 3.98. The Balaban J connectivity index is 0.000000304. The molecule has 296 valence electrons. The lowest BCUT2D eigenvalue weighted by molar-refractivity contribution is 0.267. The third kappa shape index (κ3) is 29.4. The fourth-order valence-corrected chi connectivity index (χ4v) is 4.34. The van der Waals surface area contributed by atoms with Gasteiger partial charge in [-0.2, -0.15) is 0 Å². The van der Waals surface area contributed by atoms with Gasteiger partial charge in [0.25, 0.3) is 0 Å². The highest BCUT2D eigenvalue weighted by Gasteiger charge is 1.98. The molecule has 0 fully saturated rings. The Bertz CT molecular complexity index is 1410. The van der Waals surface area contributed by atoms with Crippen molar-refractivity contribution in [3.8, 4) is 0 Å². The van der Waals surface area contributed by atoms with Crippen molar-refractivity contribution in [3.63, 3.8) is 0 Å². The molecule has 0 radical (unpaired) electrons. The van der Waals surface area contributed by atoms with E-state index in [1.807, 2.05) is 65.0 Å². The monoisotopic (exact) mass is 764 g/mol. The number of aryl methyl sites for hydroxylation is 3. The number of nitrogens with zero attached hydrogens (tertiary/aromatic N) is 7. The summed E-state index contributed by atoms with van der Waals surface area (Å²) in [6, 6.07) is 0. The summed E-state index contributed by atoms with van der Waals surface area (Å²) in [4.78, 5) is 30.1. The molecule has 6 aliphatic rings. The second kappa shape index (κ2) is 31.4. The molecule has 15 heteroatoms. The first-order chi connectivity index (χ1) is 26.0. The lowest BCUT2D eigenvalue weighted by Crippen LogP contribution is -2.04. The lowest BCUT2D eigenvalue weighted by atomic mass is 10.3. The number of hydrogen-bond acceptors (Lipinski definition) is 14. The maximum Gasteiger partial charge on any atom is 0.190 e. The van der Waals surface area contributed by atoms with E-state index in [4.69, 9.17) is 18.3 Å². The molecule has 6 aliphatic heterocycles. The first-order valence-electron chi connectivity index (χ1n) is 17.8. The number of aliphatic imine (C=N–C) groups is 4. The van der Waals surface area contributed by atoms with Crippen LogP contribution in [0.15, 0.2) is 114 Å². The fraction of sp³-hybridized carbons (Fsp3) is 0.462. The van der Waals surface area contributed by atoms with Crippen molar-refractivity contribution in [1.82, 2.24) is 30.6 Å². The Kier molecular flexibility index (Phi) is 27.2. The first-order valence-corrected chi connectivity index (χ1v) is 18.8. The van der Waals surface area contributed by atoms with Crippen LogP contribution >= 0.6 is 11.8 Å². The van der Waals surface area contributed by atoms with Gasteiger partial charge in [-0.3, -0.25) is 20.0 Å². The van der Waals surface area contributed by atoms with Gasteiger partial charge in [-0.25, -0.2) is 15.0 Å². The van der Waals surface area contributed by atoms with E-state index in [2.05, 4.69) is 83.5 Å². The van der Waals surface area contributed by atoms with Crippen molar-refractivity contribution in [2.45, 2.75) is 81.6 Å². The van der Waals surface area contributed by atoms with Crippen LogP contribution < -0.4 is 10.6 Å². The fourth-order valence-electron chi connectivity index (χ4n) is 3.68. The van der Waals surface area contributed by atoms with E-state index in [0.717, 1.165) is 68.2 Å². The number of aromatic nitrogens is 4. The number of oxazole rings is 2. The number of imidazole rings is 1. The van der Waals surface area contributed by atoms with Gasteiger partial charge in [0, 0.05) is 93.6 Å². The van der Waals surface area contributed by atoms with E-state index in [1.54, 1.807) is 44.2 Å². The van der Waals surface area contributed by atoms with Gasteiger partial charge in [0.05, 0.1) is 24.0 Å². The quantitative estimate of drug-likeness (QED) is 0.202. The van der Waals surface area contributed by atoms with Gasteiger partial charge >= 0.3 is 0 Å². The van der Waals surface area contributed by atoms with Crippen LogP contribution in [0, 0.1) is 20.8 Å². The van der Waals surface area contributed by atoms with E-state index in [0.29, 0.717) is 6.73 Å². The number of allylic oxidation sites excluding steroid dienone is 4. The van der Waals surface area contributed by atoms with Crippen LogP contribution in [0.4, 0.5) is 0 Å². The summed E-state index contributed by atoms with van der Waals surface area (Å²) in [7, 11) is 0. The smallest absolute Gasteiger partial charge is 0.190 e. The largest absolute Gasteiger partial charge is 0.479 e. The summed E-state index contributed by atoms with van der Waals surface area (Å²) in [5.41, 5.74) is 5.01. The Labute approximate surface area is 325 Å². The molecule has 14 nitrogen and oxygen atoms in total. The molecule has 0 aliphatic carbocycles. The molecule has 9 rings (SSSR count). The number of ether oxygens (including phenoxy) is 2. The minimum absolute atomic E-state index is 0.645. The zero-order valence-electron chi connectivity index (χ0n) is 33.5. The van der Waals surface area contributed by atoms with E-state index >= 15 is 0 Å². The zero-order chi connectivity index (χ0) is 39.7. The number of nitrogens with one attached hydrogen (secondary N) is 3. The standard InChI is InChI=1S/C5H7N.C5H9N.C5H7N.C4H6N2.C4H7NO.C4H5NO.C4H7NO.C4H5NO.C4H7NS/c1-5-2-3-6-4-5;2*1-5-3-2-4-6-5;1-4-5-2-3-6-4;1-4-2-6-3-5-4;1-4-2-5-3-6-4;3*1-4-5-2-3-6-4/h3-4H,2H2,1H3;3,6H,2,4H2,1H3;2,4H,3H2,1H3;2-3H,1H3,(H,5,6);2,5H,3H2,1H3;2-3H,1H3;2-3H2,1H3;2-3H,1H3;2-3H2,1H3. The van der Waals surface area contributed by atoms with Gasteiger partial charge < -0.3 is 33.9 Å². The summed E-state index contributed by atoms with van der Waals surface area (Å²) in [6.07, 6.45) is 24.7. The number of hydrogen-bond donors (Lipinski definition) is 3. The van der Waals surface area contributed by atoms with Crippen LogP contribution in [0.2, 0.25) is 0 Å². The van der Waals surface area contributed by atoms with Crippen LogP contribution in [-0.4, -0.2) is 81.5 Å². The maximum atomic E-state index is 4.90. The third-order valence-corrected chi connectivity index (χ3v) is 7.47. The molecule has 54 heavy (non-hydrogen) atoms. The molecular weight excluding hydrogens is 705 g/mol. The Hall–Kier alpha value is -5.18. The number of H-pyrrole nitrogens is 1. The van der Waals surface area contributed by atoms with Gasteiger partial charge in [0.15, 0.2) is 24.9 Å². The van der Waals surface area contributed by atoms with Crippen LogP contribution in [0.3, 0.4) is 0 Å².